The minimum Gasteiger partial charge on any atom is -0.358 e. The zero-order valence-electron chi connectivity index (χ0n) is 16.8. The van der Waals surface area contributed by atoms with Gasteiger partial charge in [0.05, 0.1) is 12.3 Å². The number of rotatable bonds is 9. The monoisotopic (exact) mass is 424 g/mol. The van der Waals surface area contributed by atoms with Crippen LogP contribution in [-0.4, -0.2) is 63.8 Å². The first-order valence-electron chi connectivity index (χ1n) is 9.17. The minimum absolute atomic E-state index is 0.0264. The highest BCUT2D eigenvalue weighted by molar-refractivity contribution is 8.23. The van der Waals surface area contributed by atoms with Gasteiger partial charge in [-0.15, -0.1) is 0 Å². The average Bonchev–Trinajstić information content (AvgIpc) is 2.66. The molecule has 0 aromatic heterocycles. The largest absolute Gasteiger partial charge is 0.358 e. The Bertz CT molecular complexity index is 691. The minimum atomic E-state index is -0.279. The molecule has 154 valence electrons. The van der Waals surface area contributed by atoms with E-state index in [0.717, 1.165) is 13.1 Å². The van der Waals surface area contributed by atoms with Crippen LogP contribution in [0.4, 0.5) is 11.4 Å². The summed E-state index contributed by atoms with van der Waals surface area (Å²) in [6.45, 7) is 9.31. The molecular formula is C19H28N4O3S2. The molecule has 3 amide bonds. The third kappa shape index (κ3) is 8.26. The normalized spacial score (nSPS) is 10.1. The summed E-state index contributed by atoms with van der Waals surface area (Å²) < 4.78 is 0.693. The van der Waals surface area contributed by atoms with Crippen LogP contribution in [0.2, 0.25) is 0 Å². The molecule has 28 heavy (non-hydrogen) atoms. The Morgan fingerprint density at radius 3 is 1.89 bits per heavy atom. The molecule has 0 heterocycles. The lowest BCUT2D eigenvalue weighted by Gasteiger charge is -2.23. The molecular weight excluding hydrogens is 396 g/mol. The molecule has 0 aliphatic carbocycles. The van der Waals surface area contributed by atoms with Crippen LogP contribution in [0, 0.1) is 0 Å². The summed E-state index contributed by atoms with van der Waals surface area (Å²) in [5.41, 5.74) is 1.25. The van der Waals surface area contributed by atoms with Crippen LogP contribution in [-0.2, 0) is 14.4 Å². The number of carbonyl (C=O) groups is 3. The summed E-state index contributed by atoms with van der Waals surface area (Å²) >= 11 is 6.66. The predicted octanol–water partition coefficient (Wildman–Crippen LogP) is 2.79. The van der Waals surface area contributed by atoms with Gasteiger partial charge < -0.3 is 20.4 Å². The molecule has 1 aromatic rings. The standard InChI is InChI=1S/C19H28N4O3S2/c1-5-22(6-2)19(27)28-13-18(26)23(7-3)12-17(25)21-16-10-8-15(9-11-16)20-14(4)24/h8-11H,5-7,12-13H2,1-4H3,(H,20,24)(H,21,25). The molecule has 9 heteroatoms. The highest BCUT2D eigenvalue weighted by Crippen LogP contribution is 2.14. The van der Waals surface area contributed by atoms with Gasteiger partial charge in [-0.1, -0.05) is 24.0 Å². The molecule has 0 spiro atoms. The Kier molecular flexibility index (Phi) is 10.5. The number of hydrogen-bond acceptors (Lipinski definition) is 5. The van der Waals surface area contributed by atoms with Crippen LogP contribution >= 0.6 is 24.0 Å². The van der Waals surface area contributed by atoms with E-state index in [1.54, 1.807) is 24.3 Å². The van der Waals surface area contributed by atoms with Gasteiger partial charge in [-0.2, -0.15) is 0 Å². The Balaban J connectivity index is 2.54. The Morgan fingerprint density at radius 2 is 1.43 bits per heavy atom. The predicted molar refractivity (Wildman–Crippen MR) is 120 cm³/mol. The van der Waals surface area contributed by atoms with Crippen LogP contribution < -0.4 is 10.6 Å². The molecule has 0 radical (unpaired) electrons. The van der Waals surface area contributed by atoms with Crippen molar-refractivity contribution in [2.45, 2.75) is 27.7 Å². The van der Waals surface area contributed by atoms with E-state index in [1.807, 2.05) is 25.7 Å². The summed E-state index contributed by atoms with van der Waals surface area (Å²) in [5, 5.41) is 5.42. The highest BCUT2D eigenvalue weighted by atomic mass is 32.2. The van der Waals surface area contributed by atoms with Gasteiger partial charge in [-0.25, -0.2) is 0 Å². The fourth-order valence-electron chi connectivity index (χ4n) is 2.38. The number of likely N-dealkylation sites (N-methyl/N-ethyl adjacent to an activating group) is 1. The first-order chi connectivity index (χ1) is 13.3. The lowest BCUT2D eigenvalue weighted by atomic mass is 10.2. The lowest BCUT2D eigenvalue weighted by Crippen LogP contribution is -2.39. The van der Waals surface area contributed by atoms with Gasteiger partial charge in [0.1, 0.15) is 4.32 Å². The maximum atomic E-state index is 12.4. The maximum absolute atomic E-state index is 12.4. The fraction of sp³-hybridized carbons (Fsp3) is 0.474. The van der Waals surface area contributed by atoms with Crippen molar-refractivity contribution < 1.29 is 14.4 Å². The molecule has 1 rings (SSSR count). The van der Waals surface area contributed by atoms with Crippen molar-refractivity contribution in [3.05, 3.63) is 24.3 Å². The van der Waals surface area contributed by atoms with Crippen molar-refractivity contribution >= 4 is 57.4 Å². The number of nitrogens with one attached hydrogen (secondary N) is 2. The second kappa shape index (κ2) is 12.4. The molecule has 2 N–H and O–H groups in total. The van der Waals surface area contributed by atoms with Crippen LogP contribution in [0.15, 0.2) is 24.3 Å². The second-order valence-corrected chi connectivity index (χ2v) is 7.55. The number of hydrogen-bond donors (Lipinski definition) is 2. The van der Waals surface area contributed by atoms with Gasteiger partial charge in [-0.05, 0) is 45.0 Å². The van der Waals surface area contributed by atoms with Crippen molar-refractivity contribution in [2.75, 3.05) is 42.6 Å². The van der Waals surface area contributed by atoms with Crippen molar-refractivity contribution in [1.82, 2.24) is 9.80 Å². The second-order valence-electron chi connectivity index (χ2n) is 5.94. The summed E-state index contributed by atoms with van der Waals surface area (Å²) in [6, 6.07) is 6.79. The fourth-order valence-corrected chi connectivity index (χ4v) is 3.68. The summed E-state index contributed by atoms with van der Waals surface area (Å²) in [6.07, 6.45) is 0. The summed E-state index contributed by atoms with van der Waals surface area (Å²) in [4.78, 5) is 39.2. The van der Waals surface area contributed by atoms with Crippen LogP contribution in [0.1, 0.15) is 27.7 Å². The molecule has 1 aromatic carbocycles. The Hall–Kier alpha value is -2.13. The van der Waals surface area contributed by atoms with Gasteiger partial charge in [0.2, 0.25) is 17.7 Å². The zero-order valence-corrected chi connectivity index (χ0v) is 18.4. The van der Waals surface area contributed by atoms with Crippen LogP contribution in [0.5, 0.6) is 0 Å². The Labute approximate surface area is 176 Å². The number of amides is 3. The van der Waals surface area contributed by atoms with E-state index < -0.39 is 0 Å². The molecule has 0 atom stereocenters. The first-order valence-corrected chi connectivity index (χ1v) is 10.6. The lowest BCUT2D eigenvalue weighted by molar-refractivity contribution is -0.132. The van der Waals surface area contributed by atoms with Gasteiger partial charge in [0.15, 0.2) is 0 Å². The summed E-state index contributed by atoms with van der Waals surface area (Å²) in [5.74, 6) is -0.355. The third-order valence-corrected chi connectivity index (χ3v) is 5.41. The zero-order chi connectivity index (χ0) is 21.1. The molecule has 0 saturated carbocycles. The van der Waals surface area contributed by atoms with Gasteiger partial charge >= 0.3 is 0 Å². The van der Waals surface area contributed by atoms with E-state index in [9.17, 15) is 14.4 Å². The van der Waals surface area contributed by atoms with Crippen molar-refractivity contribution in [2.24, 2.45) is 0 Å². The van der Waals surface area contributed by atoms with E-state index in [-0.39, 0.29) is 30.0 Å². The molecule has 0 unspecified atom stereocenters. The van der Waals surface area contributed by atoms with E-state index in [4.69, 9.17) is 12.2 Å². The van der Waals surface area contributed by atoms with Crippen LogP contribution in [0.3, 0.4) is 0 Å². The SMILES string of the molecule is CCN(CC(=O)Nc1ccc(NC(C)=O)cc1)C(=O)CSC(=S)N(CC)CC. The molecule has 0 aliphatic heterocycles. The Morgan fingerprint density at radius 1 is 0.929 bits per heavy atom. The van der Waals surface area contributed by atoms with E-state index >= 15 is 0 Å². The molecule has 7 nitrogen and oxygen atoms in total. The first kappa shape index (κ1) is 23.9. The number of thioether (sulfide) groups is 1. The summed E-state index contributed by atoms with van der Waals surface area (Å²) in [7, 11) is 0. The molecule has 0 saturated heterocycles. The third-order valence-electron chi connectivity index (χ3n) is 3.90. The number of thiocarbonyl (C=S) groups is 1. The van der Waals surface area contributed by atoms with E-state index in [2.05, 4.69) is 10.6 Å². The van der Waals surface area contributed by atoms with Gasteiger partial charge in [0, 0.05) is 37.9 Å². The van der Waals surface area contributed by atoms with Crippen molar-refractivity contribution in [3.8, 4) is 0 Å². The van der Waals surface area contributed by atoms with E-state index in [1.165, 1.54) is 23.6 Å². The molecule has 0 bridgehead atoms. The topological polar surface area (TPSA) is 81.8 Å². The average molecular weight is 425 g/mol. The number of nitrogens with zero attached hydrogens (tertiary/aromatic N) is 2. The number of benzene rings is 1. The van der Waals surface area contributed by atoms with Gasteiger partial charge in [-0.3, -0.25) is 14.4 Å². The smallest absolute Gasteiger partial charge is 0.243 e. The van der Waals surface area contributed by atoms with Gasteiger partial charge in [0.25, 0.3) is 0 Å². The maximum Gasteiger partial charge on any atom is 0.243 e. The number of carbonyl (C=O) groups excluding carboxylic acids is 3. The molecule has 0 aliphatic rings. The quantitative estimate of drug-likeness (QED) is 0.593. The van der Waals surface area contributed by atoms with Crippen molar-refractivity contribution in [1.29, 1.82) is 0 Å². The van der Waals surface area contributed by atoms with E-state index in [0.29, 0.717) is 22.2 Å². The van der Waals surface area contributed by atoms with Crippen molar-refractivity contribution in [3.63, 3.8) is 0 Å². The van der Waals surface area contributed by atoms with Crippen LogP contribution in [0.25, 0.3) is 0 Å². The molecule has 0 fully saturated rings. The highest BCUT2D eigenvalue weighted by Gasteiger charge is 2.17. The number of anilines is 2.